The van der Waals surface area contributed by atoms with Gasteiger partial charge in [-0.05, 0) is 48.1 Å². The van der Waals surface area contributed by atoms with Crippen LogP contribution in [-0.2, 0) is 16.8 Å². The smallest absolute Gasteiger partial charge is 0.133 e. The van der Waals surface area contributed by atoms with E-state index in [0.717, 1.165) is 34.9 Å². The number of anilines is 3. The van der Waals surface area contributed by atoms with E-state index in [1.165, 1.54) is 0 Å². The van der Waals surface area contributed by atoms with E-state index in [1.807, 2.05) is 24.3 Å². The van der Waals surface area contributed by atoms with Gasteiger partial charge in [0.1, 0.15) is 23.1 Å². The van der Waals surface area contributed by atoms with Crippen molar-refractivity contribution in [1.82, 2.24) is 29.9 Å². The van der Waals surface area contributed by atoms with E-state index < -0.39 is 0 Å². The molecule has 0 unspecified atom stereocenters. The average Bonchev–Trinajstić information content (AvgIpc) is 3.31. The summed E-state index contributed by atoms with van der Waals surface area (Å²) in [6, 6.07) is 7.81. The van der Waals surface area contributed by atoms with Crippen LogP contribution in [0.2, 0.25) is 0 Å². The molecule has 0 aromatic carbocycles. The Kier molecular flexibility index (Phi) is 6.47. The highest BCUT2D eigenvalue weighted by Crippen LogP contribution is 2.29. The Balaban J connectivity index is 1.67. The lowest BCUT2D eigenvalue weighted by Gasteiger charge is -2.27. The van der Waals surface area contributed by atoms with Crippen molar-refractivity contribution in [3.8, 4) is 11.4 Å². The first-order chi connectivity index (χ1) is 16.0. The molecular weight excluding hydrogens is 418 g/mol. The van der Waals surface area contributed by atoms with E-state index in [1.54, 1.807) is 30.4 Å². The normalized spacial score (nSPS) is 11.8. The number of pyridine rings is 3. The number of hydrogen-bond donors (Lipinski definition) is 3. The Bertz CT molecular complexity index is 1250. The molecule has 4 heterocycles. The number of methoxy groups -OCH3 is 1. The summed E-state index contributed by atoms with van der Waals surface area (Å²) in [5.74, 6) is 1.71. The number of nitrogens with two attached hydrogens (primary N) is 2. The van der Waals surface area contributed by atoms with Crippen LogP contribution in [0.15, 0.2) is 42.9 Å². The predicted molar refractivity (Wildman–Crippen MR) is 129 cm³/mol. The second-order valence-corrected chi connectivity index (χ2v) is 7.94. The van der Waals surface area contributed by atoms with Crippen LogP contribution in [-0.4, -0.2) is 43.7 Å². The maximum absolute atomic E-state index is 6.56. The highest BCUT2D eigenvalue weighted by atomic mass is 16.5. The van der Waals surface area contributed by atoms with Crippen LogP contribution >= 0.6 is 0 Å². The topological polar surface area (TPSA) is 143 Å². The Morgan fingerprint density at radius 3 is 2.64 bits per heavy atom. The fraction of sp³-hybridized carbons (Fsp3) is 0.348. The van der Waals surface area contributed by atoms with Gasteiger partial charge in [-0.1, -0.05) is 19.1 Å². The van der Waals surface area contributed by atoms with Crippen molar-refractivity contribution in [3.63, 3.8) is 0 Å². The highest BCUT2D eigenvalue weighted by Gasteiger charge is 2.23. The van der Waals surface area contributed by atoms with Crippen LogP contribution < -0.4 is 16.8 Å². The highest BCUT2D eigenvalue weighted by molar-refractivity contribution is 5.94. The number of nitrogens with one attached hydrogen (secondary N) is 1. The molecule has 0 amide bonds. The van der Waals surface area contributed by atoms with E-state index in [9.17, 15) is 0 Å². The molecule has 10 heteroatoms. The Hall–Kier alpha value is -3.63. The summed E-state index contributed by atoms with van der Waals surface area (Å²) in [5, 5.41) is 13.1. The Morgan fingerprint density at radius 2 is 1.88 bits per heavy atom. The summed E-state index contributed by atoms with van der Waals surface area (Å²) in [7, 11) is 1.65. The molecule has 33 heavy (non-hydrogen) atoms. The molecule has 4 aromatic heterocycles. The SMILES string of the molecule is CCC(N)(CC)c1ccnc(Nc2cc3cc(-c4cnnn4CCOC)nc(N)c3cn2)c1. The zero-order valence-corrected chi connectivity index (χ0v) is 19.1. The molecule has 0 saturated heterocycles. The van der Waals surface area contributed by atoms with E-state index >= 15 is 0 Å². The van der Waals surface area contributed by atoms with Crippen LogP contribution in [0.25, 0.3) is 22.2 Å². The number of fused-ring (bicyclic) bond motifs is 1. The van der Waals surface area contributed by atoms with Crippen molar-refractivity contribution >= 4 is 28.2 Å². The summed E-state index contributed by atoms with van der Waals surface area (Å²) in [4.78, 5) is 13.5. The predicted octanol–water partition coefficient (Wildman–Crippen LogP) is 3.23. The molecule has 172 valence electrons. The molecule has 0 atom stereocenters. The van der Waals surface area contributed by atoms with E-state index in [2.05, 4.69) is 44.4 Å². The number of hydrogen-bond acceptors (Lipinski definition) is 9. The Labute approximate surface area is 192 Å². The molecule has 4 aromatic rings. The average molecular weight is 448 g/mol. The maximum atomic E-state index is 6.56. The zero-order chi connectivity index (χ0) is 23.4. The number of rotatable bonds is 9. The van der Waals surface area contributed by atoms with Crippen LogP contribution in [0.5, 0.6) is 0 Å². The van der Waals surface area contributed by atoms with Gasteiger partial charge in [0.15, 0.2) is 0 Å². The van der Waals surface area contributed by atoms with Gasteiger partial charge < -0.3 is 21.5 Å². The largest absolute Gasteiger partial charge is 0.383 e. The van der Waals surface area contributed by atoms with Crippen molar-refractivity contribution in [3.05, 3.63) is 48.4 Å². The van der Waals surface area contributed by atoms with Gasteiger partial charge >= 0.3 is 0 Å². The van der Waals surface area contributed by atoms with Gasteiger partial charge in [-0.2, -0.15) is 0 Å². The third-order valence-corrected chi connectivity index (χ3v) is 5.99. The van der Waals surface area contributed by atoms with Crippen LogP contribution in [0.3, 0.4) is 0 Å². The summed E-state index contributed by atoms with van der Waals surface area (Å²) in [6.45, 7) is 5.27. The number of nitrogens with zero attached hydrogens (tertiary/aromatic N) is 6. The molecular formula is C23H29N9O. The van der Waals surface area contributed by atoms with Gasteiger partial charge in [0.05, 0.1) is 25.0 Å². The lowest BCUT2D eigenvalue weighted by atomic mass is 9.86. The van der Waals surface area contributed by atoms with Crippen molar-refractivity contribution in [2.24, 2.45) is 5.73 Å². The lowest BCUT2D eigenvalue weighted by Crippen LogP contribution is -2.35. The first-order valence-corrected chi connectivity index (χ1v) is 10.9. The molecule has 0 radical (unpaired) electrons. The van der Waals surface area contributed by atoms with Gasteiger partial charge in [-0.3, -0.25) is 0 Å². The van der Waals surface area contributed by atoms with Gasteiger partial charge in [0.25, 0.3) is 0 Å². The fourth-order valence-electron chi connectivity index (χ4n) is 3.77. The molecule has 0 aliphatic heterocycles. The van der Waals surface area contributed by atoms with Crippen LogP contribution in [0, 0.1) is 0 Å². The standard InChI is InChI=1S/C23H29N9O/c1-4-23(25,5-2)16-6-7-26-21(12-16)30-20-11-15-10-18(29-22(24)17(15)13-27-20)19-14-28-31-32(19)8-9-33-3/h6-7,10-14H,4-5,8-9,25H2,1-3H3,(H2,24,29)(H,26,27,30). The van der Waals surface area contributed by atoms with Crippen molar-refractivity contribution in [1.29, 1.82) is 0 Å². The third kappa shape index (κ3) is 4.62. The third-order valence-electron chi connectivity index (χ3n) is 5.99. The van der Waals surface area contributed by atoms with Crippen LogP contribution in [0.1, 0.15) is 32.3 Å². The molecule has 0 fully saturated rings. The second kappa shape index (κ2) is 9.47. The minimum atomic E-state index is -0.384. The van der Waals surface area contributed by atoms with Gasteiger partial charge in [0, 0.05) is 30.4 Å². The van der Waals surface area contributed by atoms with E-state index in [-0.39, 0.29) is 5.54 Å². The monoisotopic (exact) mass is 447 g/mol. The van der Waals surface area contributed by atoms with Crippen molar-refractivity contribution < 1.29 is 4.74 Å². The molecule has 0 aliphatic rings. The van der Waals surface area contributed by atoms with E-state index in [4.69, 9.17) is 16.2 Å². The number of aromatic nitrogens is 6. The minimum Gasteiger partial charge on any atom is -0.383 e. The second-order valence-electron chi connectivity index (χ2n) is 7.94. The van der Waals surface area contributed by atoms with Gasteiger partial charge in [0.2, 0.25) is 0 Å². The number of nitrogen functional groups attached to an aromatic ring is 1. The zero-order valence-electron chi connectivity index (χ0n) is 19.1. The van der Waals surface area contributed by atoms with Crippen LogP contribution in [0.4, 0.5) is 17.5 Å². The fourth-order valence-corrected chi connectivity index (χ4v) is 3.77. The molecule has 0 bridgehead atoms. The molecule has 0 aliphatic carbocycles. The number of ether oxygens (including phenoxy) is 1. The maximum Gasteiger partial charge on any atom is 0.133 e. The van der Waals surface area contributed by atoms with Gasteiger partial charge in [-0.25, -0.2) is 19.6 Å². The summed E-state index contributed by atoms with van der Waals surface area (Å²) in [5.41, 5.74) is 14.9. The Morgan fingerprint density at radius 1 is 1.09 bits per heavy atom. The molecule has 0 saturated carbocycles. The van der Waals surface area contributed by atoms with Crippen molar-refractivity contribution in [2.45, 2.75) is 38.8 Å². The summed E-state index contributed by atoms with van der Waals surface area (Å²) >= 11 is 0. The molecule has 10 nitrogen and oxygen atoms in total. The molecule has 5 N–H and O–H groups in total. The van der Waals surface area contributed by atoms with Gasteiger partial charge in [-0.15, -0.1) is 5.10 Å². The minimum absolute atomic E-state index is 0.384. The first-order valence-electron chi connectivity index (χ1n) is 10.9. The summed E-state index contributed by atoms with van der Waals surface area (Å²) < 4.78 is 6.90. The summed E-state index contributed by atoms with van der Waals surface area (Å²) in [6.07, 6.45) is 6.82. The molecule has 4 rings (SSSR count). The van der Waals surface area contributed by atoms with E-state index in [0.29, 0.717) is 36.3 Å². The quantitative estimate of drug-likeness (QED) is 0.352. The first kappa shape index (κ1) is 22.6. The lowest BCUT2D eigenvalue weighted by molar-refractivity contribution is 0.183. The molecule has 0 spiro atoms. The van der Waals surface area contributed by atoms with Crippen molar-refractivity contribution in [2.75, 3.05) is 24.8 Å².